The lowest BCUT2D eigenvalue weighted by Gasteiger charge is -2.46. The van der Waals surface area contributed by atoms with E-state index in [0.29, 0.717) is 39.6 Å². The van der Waals surface area contributed by atoms with Crippen LogP contribution in [0.3, 0.4) is 0 Å². The molecule has 2 heterocycles. The van der Waals surface area contributed by atoms with Gasteiger partial charge in [-0.3, -0.25) is 0 Å². The van der Waals surface area contributed by atoms with Crippen LogP contribution in [0, 0.1) is 0 Å². The van der Waals surface area contributed by atoms with Gasteiger partial charge in [-0.2, -0.15) is 0 Å². The highest BCUT2D eigenvalue weighted by atomic mass is 16.7. The van der Waals surface area contributed by atoms with Crippen LogP contribution in [0.25, 0.3) is 0 Å². The minimum absolute atomic E-state index is 0.219. The molecule has 0 aromatic heterocycles. The minimum atomic E-state index is -0.902. The lowest BCUT2D eigenvalue weighted by molar-refractivity contribution is -0.338. The van der Waals surface area contributed by atoms with Crippen LogP contribution >= 0.6 is 0 Å². The number of hydrogen-bond acceptors (Lipinski definition) is 9. The molecule has 0 saturated carbocycles. The molecule has 268 valence electrons. The van der Waals surface area contributed by atoms with E-state index in [1.807, 2.05) is 91.0 Å². The van der Waals surface area contributed by atoms with Gasteiger partial charge < -0.3 is 42.6 Å². The van der Waals surface area contributed by atoms with Crippen LogP contribution in [-0.4, -0.2) is 88.7 Å². The molecule has 8 atom stereocenters. The van der Waals surface area contributed by atoms with Crippen LogP contribution in [0.2, 0.25) is 0 Å². The molecule has 0 spiro atoms. The molecule has 0 radical (unpaired) electrons. The molecule has 0 bridgehead atoms. The maximum atomic E-state index is 6.89. The quantitative estimate of drug-likeness (QED) is 0.114. The van der Waals surface area contributed by atoms with E-state index in [4.69, 9.17) is 42.6 Å². The van der Waals surface area contributed by atoms with E-state index in [2.05, 4.69) is 19.7 Å². The van der Waals surface area contributed by atoms with E-state index in [-0.39, 0.29) is 19.8 Å². The van der Waals surface area contributed by atoms with Crippen LogP contribution in [-0.2, 0) is 62.5 Å². The van der Waals surface area contributed by atoms with Gasteiger partial charge in [0.2, 0.25) is 0 Å². The van der Waals surface area contributed by atoms with Crippen molar-refractivity contribution in [1.82, 2.24) is 0 Å². The molecule has 2 fully saturated rings. The van der Waals surface area contributed by atoms with Crippen molar-refractivity contribution in [3.63, 3.8) is 0 Å². The van der Waals surface area contributed by atoms with Gasteiger partial charge >= 0.3 is 0 Å². The Morgan fingerprint density at radius 3 is 1.60 bits per heavy atom. The van der Waals surface area contributed by atoms with E-state index < -0.39 is 49.0 Å². The van der Waals surface area contributed by atoms with Crippen LogP contribution < -0.4 is 0 Å². The summed E-state index contributed by atoms with van der Waals surface area (Å²) in [6, 6.07) is 29.9. The maximum absolute atomic E-state index is 6.89. The van der Waals surface area contributed by atoms with Crippen molar-refractivity contribution < 1.29 is 42.6 Å². The summed E-state index contributed by atoms with van der Waals surface area (Å²) in [4.78, 5) is 0. The van der Waals surface area contributed by atoms with Crippen LogP contribution in [0.15, 0.2) is 129 Å². The highest BCUT2D eigenvalue weighted by Gasteiger charge is 2.51. The second kappa shape index (κ2) is 21.0. The van der Waals surface area contributed by atoms with Crippen molar-refractivity contribution in [2.75, 3.05) is 39.6 Å². The zero-order valence-electron chi connectivity index (χ0n) is 28.7. The molecular weight excluding hydrogens is 636 g/mol. The molecule has 5 rings (SSSR count). The predicted octanol–water partition coefficient (Wildman–Crippen LogP) is 6.23. The van der Waals surface area contributed by atoms with E-state index >= 15 is 0 Å². The van der Waals surface area contributed by atoms with Crippen molar-refractivity contribution in [3.8, 4) is 0 Å². The van der Waals surface area contributed by atoms with E-state index in [0.717, 1.165) is 16.7 Å². The Labute approximate surface area is 296 Å². The van der Waals surface area contributed by atoms with Gasteiger partial charge in [0.15, 0.2) is 6.29 Å². The summed E-state index contributed by atoms with van der Waals surface area (Å²) in [5, 5.41) is 0. The van der Waals surface area contributed by atoms with Crippen molar-refractivity contribution >= 4 is 0 Å². The minimum Gasteiger partial charge on any atom is -0.374 e. The monoisotopic (exact) mass is 686 g/mol. The van der Waals surface area contributed by atoms with Gasteiger partial charge in [-0.25, -0.2) is 0 Å². The van der Waals surface area contributed by atoms with Crippen LogP contribution in [0.1, 0.15) is 16.7 Å². The summed E-state index contributed by atoms with van der Waals surface area (Å²) >= 11 is 0. The summed E-state index contributed by atoms with van der Waals surface area (Å²) < 4.78 is 57.8. The summed E-state index contributed by atoms with van der Waals surface area (Å²) in [6.45, 7) is 14.4. The Bertz CT molecular complexity index is 1390. The Morgan fingerprint density at radius 1 is 0.540 bits per heavy atom. The first-order valence-corrected chi connectivity index (χ1v) is 17.2. The lowest BCUT2D eigenvalue weighted by atomic mass is 9.97. The molecule has 0 amide bonds. The number of rotatable bonds is 22. The third kappa shape index (κ3) is 11.3. The molecule has 0 aliphatic carbocycles. The van der Waals surface area contributed by atoms with Crippen molar-refractivity contribution in [1.29, 1.82) is 0 Å². The first kappa shape index (κ1) is 37.8. The lowest BCUT2D eigenvalue weighted by Crippen LogP contribution is -2.63. The molecule has 9 heteroatoms. The highest BCUT2D eigenvalue weighted by Crippen LogP contribution is 2.33. The molecule has 3 aromatic rings. The van der Waals surface area contributed by atoms with Crippen molar-refractivity contribution in [2.24, 2.45) is 0 Å². The highest BCUT2D eigenvalue weighted by molar-refractivity contribution is 5.15. The largest absolute Gasteiger partial charge is 0.374 e. The van der Waals surface area contributed by atoms with Gasteiger partial charge in [-0.05, 0) is 16.7 Å². The first-order valence-electron chi connectivity index (χ1n) is 17.2. The summed E-state index contributed by atoms with van der Waals surface area (Å²) in [7, 11) is 0. The van der Waals surface area contributed by atoms with Crippen LogP contribution in [0.4, 0.5) is 0 Å². The Kier molecular flexibility index (Phi) is 15.9. The third-order valence-corrected chi connectivity index (χ3v) is 8.40. The summed E-state index contributed by atoms with van der Waals surface area (Å²) in [6.07, 6.45) is 0.385. The fourth-order valence-corrected chi connectivity index (χ4v) is 6.00. The van der Waals surface area contributed by atoms with Gasteiger partial charge in [0.1, 0.15) is 42.7 Å². The predicted molar refractivity (Wildman–Crippen MR) is 190 cm³/mol. The summed E-state index contributed by atoms with van der Waals surface area (Å²) in [5.41, 5.74) is 3.11. The fraction of sp³-hybridized carbons (Fsp3) is 0.415. The van der Waals surface area contributed by atoms with E-state index in [1.54, 1.807) is 18.2 Å². The number of hydrogen-bond donors (Lipinski definition) is 0. The van der Waals surface area contributed by atoms with Crippen molar-refractivity contribution in [2.45, 2.75) is 68.8 Å². The Hall–Kier alpha value is -3.48. The molecule has 50 heavy (non-hydrogen) atoms. The van der Waals surface area contributed by atoms with Gasteiger partial charge in [-0.1, -0.05) is 109 Å². The molecule has 2 aliphatic heterocycles. The van der Waals surface area contributed by atoms with Crippen LogP contribution in [0.5, 0.6) is 0 Å². The molecule has 0 unspecified atom stereocenters. The number of benzene rings is 3. The average molecular weight is 687 g/mol. The van der Waals surface area contributed by atoms with Gasteiger partial charge in [0, 0.05) is 0 Å². The maximum Gasteiger partial charge on any atom is 0.187 e. The average Bonchev–Trinajstić information content (AvgIpc) is 3.53. The van der Waals surface area contributed by atoms with E-state index in [9.17, 15) is 0 Å². The molecular formula is C41H50O9. The second-order valence-corrected chi connectivity index (χ2v) is 12.1. The normalized spacial score (nSPS) is 26.4. The smallest absolute Gasteiger partial charge is 0.187 e. The molecule has 2 saturated heterocycles. The zero-order valence-corrected chi connectivity index (χ0v) is 28.7. The standard InChI is InChI=1S/C41H50O9/c1-4-22-44-35-30-47-34(28-42-25-31-16-10-7-11-17-31)37(35)50-41-40(48-27-33-20-14-9-15-21-33)39(46-24-6-3)38(45-23-5-2)36(49-41)29-43-26-32-18-12-8-13-19-32/h4-21,34-41H,1-3,22-30H2/t34-,35+,36-,37-,38-,39+,40-,41-/m1/s1. The van der Waals surface area contributed by atoms with Crippen molar-refractivity contribution in [3.05, 3.63) is 146 Å². The topological polar surface area (TPSA) is 83.1 Å². The first-order chi connectivity index (χ1) is 24.7. The third-order valence-electron chi connectivity index (χ3n) is 8.40. The molecule has 3 aromatic carbocycles. The fourth-order valence-electron chi connectivity index (χ4n) is 6.00. The van der Waals surface area contributed by atoms with Gasteiger partial charge in [0.05, 0.1) is 59.5 Å². The molecule has 2 aliphatic rings. The molecule has 9 nitrogen and oxygen atoms in total. The second-order valence-electron chi connectivity index (χ2n) is 12.1. The Balaban J connectivity index is 1.40. The van der Waals surface area contributed by atoms with Gasteiger partial charge in [0.25, 0.3) is 0 Å². The molecule has 0 N–H and O–H groups in total. The SMILES string of the molecule is C=CCO[C@@H]1[C@@H](OCc2ccccc2)[C@@H](O[C@H]2[C@@H](OCC=C)CO[C@@H]2COCc2ccccc2)O[C@H](COCc2ccccc2)[C@H]1OCC=C. The van der Waals surface area contributed by atoms with Gasteiger partial charge in [-0.15, -0.1) is 19.7 Å². The summed E-state index contributed by atoms with van der Waals surface area (Å²) in [5.74, 6) is 0. The van der Waals surface area contributed by atoms with E-state index in [1.165, 1.54) is 0 Å². The zero-order chi connectivity index (χ0) is 34.8. The Morgan fingerprint density at radius 2 is 1.04 bits per heavy atom. The number of ether oxygens (including phenoxy) is 9.